The standard InChI is InChI=1S/C36H26Cl2N2S2/c37-27-17-13-23(14-18-27)31-21-35(41-33-7-3-1-5-29(33)39-31)25-9-11-26(12-10-25)36-22-32(24-15-19-28(38)20-16-24)40-30-6-2-4-8-34(30)42-36/h1-20,35-36H,21-22H2. The molecule has 0 aromatic heterocycles. The Hall–Kier alpha value is -3.28. The van der Waals surface area contributed by atoms with Gasteiger partial charge in [-0.2, -0.15) is 0 Å². The highest BCUT2D eigenvalue weighted by atomic mass is 35.5. The summed E-state index contributed by atoms with van der Waals surface area (Å²) in [5.74, 6) is 0. The quantitative estimate of drug-likeness (QED) is 0.199. The van der Waals surface area contributed by atoms with E-state index in [-0.39, 0.29) is 10.5 Å². The maximum Gasteiger partial charge on any atom is 0.0769 e. The van der Waals surface area contributed by atoms with Gasteiger partial charge >= 0.3 is 0 Å². The van der Waals surface area contributed by atoms with Gasteiger partial charge in [-0.1, -0.05) is 96.0 Å². The van der Waals surface area contributed by atoms with Crippen molar-refractivity contribution >= 4 is 69.5 Å². The van der Waals surface area contributed by atoms with Crippen LogP contribution in [0.4, 0.5) is 11.4 Å². The van der Waals surface area contributed by atoms with Crippen LogP contribution in [-0.2, 0) is 0 Å². The van der Waals surface area contributed by atoms with Crippen LogP contribution < -0.4 is 0 Å². The summed E-state index contributed by atoms with van der Waals surface area (Å²) in [6.45, 7) is 0. The number of halogens is 2. The molecule has 0 aliphatic carbocycles. The SMILES string of the molecule is Clc1ccc(C2=Nc3ccccc3SC(c3ccc(C4CC(c5ccc(Cl)cc5)=Nc5ccccc5S4)cc3)C2)cc1. The summed E-state index contributed by atoms with van der Waals surface area (Å²) in [7, 11) is 0. The summed E-state index contributed by atoms with van der Waals surface area (Å²) < 4.78 is 0. The fourth-order valence-corrected chi connectivity index (χ4v) is 8.08. The molecule has 6 heteroatoms. The second kappa shape index (κ2) is 12.1. The van der Waals surface area contributed by atoms with Gasteiger partial charge in [-0.15, -0.1) is 23.5 Å². The van der Waals surface area contributed by atoms with Crippen molar-refractivity contribution in [2.75, 3.05) is 0 Å². The van der Waals surface area contributed by atoms with Crippen molar-refractivity contribution in [1.29, 1.82) is 0 Å². The van der Waals surface area contributed by atoms with E-state index in [2.05, 4.69) is 97.1 Å². The number of rotatable bonds is 4. The highest BCUT2D eigenvalue weighted by molar-refractivity contribution is 8.00. The van der Waals surface area contributed by atoms with Crippen LogP contribution in [-0.4, -0.2) is 11.4 Å². The molecular formula is C36H26Cl2N2S2. The fraction of sp³-hybridized carbons (Fsp3) is 0.111. The van der Waals surface area contributed by atoms with Gasteiger partial charge < -0.3 is 0 Å². The highest BCUT2D eigenvalue weighted by Gasteiger charge is 2.25. The number of benzene rings is 5. The van der Waals surface area contributed by atoms with Crippen LogP contribution in [0, 0.1) is 0 Å². The smallest absolute Gasteiger partial charge is 0.0769 e. The summed E-state index contributed by atoms with van der Waals surface area (Å²) in [5.41, 5.74) is 9.03. The third-order valence-electron chi connectivity index (χ3n) is 7.57. The Labute approximate surface area is 264 Å². The number of aliphatic imine (C=N–C) groups is 2. The molecule has 2 heterocycles. The highest BCUT2D eigenvalue weighted by Crippen LogP contribution is 2.48. The second-order valence-electron chi connectivity index (χ2n) is 10.4. The monoisotopic (exact) mass is 620 g/mol. The van der Waals surface area contributed by atoms with E-state index in [1.165, 1.54) is 20.9 Å². The summed E-state index contributed by atoms with van der Waals surface area (Å²) >= 11 is 16.2. The second-order valence-corrected chi connectivity index (χ2v) is 13.7. The van der Waals surface area contributed by atoms with E-state index in [9.17, 15) is 0 Å². The minimum atomic E-state index is 0.242. The average Bonchev–Trinajstić information content (AvgIpc) is 3.34. The van der Waals surface area contributed by atoms with Gasteiger partial charge in [0.15, 0.2) is 0 Å². The molecule has 5 aromatic carbocycles. The Kier molecular flexibility index (Phi) is 7.96. The van der Waals surface area contributed by atoms with E-state index < -0.39 is 0 Å². The molecule has 7 rings (SSSR count). The third-order valence-corrected chi connectivity index (χ3v) is 10.7. The zero-order valence-corrected chi connectivity index (χ0v) is 25.7. The van der Waals surface area contributed by atoms with Crippen LogP contribution in [0.5, 0.6) is 0 Å². The van der Waals surface area contributed by atoms with E-state index in [1.807, 2.05) is 47.8 Å². The van der Waals surface area contributed by atoms with E-state index in [4.69, 9.17) is 33.2 Å². The van der Waals surface area contributed by atoms with E-state index in [1.54, 1.807) is 0 Å². The molecule has 2 nitrogen and oxygen atoms in total. The van der Waals surface area contributed by atoms with Crippen LogP contribution in [0.15, 0.2) is 141 Å². The van der Waals surface area contributed by atoms with E-state index >= 15 is 0 Å². The predicted molar refractivity (Wildman–Crippen MR) is 181 cm³/mol. The molecule has 0 saturated heterocycles. The zero-order chi connectivity index (χ0) is 28.5. The van der Waals surface area contributed by atoms with Crippen molar-refractivity contribution < 1.29 is 0 Å². The Morgan fingerprint density at radius 3 is 1.26 bits per heavy atom. The molecule has 0 fully saturated rings. The summed E-state index contributed by atoms with van der Waals surface area (Å²) in [5, 5.41) is 1.95. The van der Waals surface area contributed by atoms with Gasteiger partial charge in [-0.05, 0) is 70.8 Å². The molecule has 2 atom stereocenters. The molecule has 5 aromatic rings. The van der Waals surface area contributed by atoms with Crippen LogP contribution in [0.2, 0.25) is 10.0 Å². The fourth-order valence-electron chi connectivity index (χ4n) is 5.37. The Balaban J connectivity index is 1.20. The Bertz CT molecular complexity index is 1660. The first-order chi connectivity index (χ1) is 20.6. The van der Waals surface area contributed by atoms with Crippen molar-refractivity contribution in [3.63, 3.8) is 0 Å². The van der Waals surface area contributed by atoms with Gasteiger partial charge in [-0.3, -0.25) is 9.98 Å². The number of nitrogens with zero attached hydrogens (tertiary/aromatic N) is 2. The van der Waals surface area contributed by atoms with Gasteiger partial charge in [0.25, 0.3) is 0 Å². The van der Waals surface area contributed by atoms with Crippen LogP contribution >= 0.6 is 46.7 Å². The molecular weight excluding hydrogens is 595 g/mol. The molecule has 2 unspecified atom stereocenters. The van der Waals surface area contributed by atoms with Crippen LogP contribution in [0.25, 0.3) is 0 Å². The lowest BCUT2D eigenvalue weighted by Gasteiger charge is -2.19. The lowest BCUT2D eigenvalue weighted by Crippen LogP contribution is -2.07. The molecule has 2 aliphatic rings. The Morgan fingerprint density at radius 2 is 0.857 bits per heavy atom. The van der Waals surface area contributed by atoms with Gasteiger partial charge in [0, 0.05) is 54.6 Å². The molecule has 0 N–H and O–H groups in total. The van der Waals surface area contributed by atoms with E-state index in [0.717, 1.165) is 56.8 Å². The molecule has 0 saturated carbocycles. The summed E-state index contributed by atoms with van der Waals surface area (Å²) in [4.78, 5) is 12.6. The molecule has 0 bridgehead atoms. The number of hydrogen-bond acceptors (Lipinski definition) is 4. The molecule has 206 valence electrons. The zero-order valence-electron chi connectivity index (χ0n) is 22.6. The Morgan fingerprint density at radius 1 is 0.476 bits per heavy atom. The summed E-state index contributed by atoms with van der Waals surface area (Å²) in [6, 6.07) is 42.1. The molecule has 0 amide bonds. The van der Waals surface area contributed by atoms with Gasteiger partial charge in [0.1, 0.15) is 0 Å². The lowest BCUT2D eigenvalue weighted by atomic mass is 9.98. The molecule has 0 radical (unpaired) electrons. The average molecular weight is 622 g/mol. The number of hydrogen-bond donors (Lipinski definition) is 0. The minimum Gasteiger partial charge on any atom is -0.252 e. The van der Waals surface area contributed by atoms with Crippen molar-refractivity contribution in [3.8, 4) is 0 Å². The van der Waals surface area contributed by atoms with Crippen molar-refractivity contribution in [2.24, 2.45) is 9.98 Å². The number of thioether (sulfide) groups is 2. The topological polar surface area (TPSA) is 24.7 Å². The van der Waals surface area contributed by atoms with Crippen molar-refractivity contribution in [2.45, 2.75) is 33.1 Å². The van der Waals surface area contributed by atoms with Gasteiger partial charge in [0.2, 0.25) is 0 Å². The van der Waals surface area contributed by atoms with Crippen LogP contribution in [0.1, 0.15) is 45.6 Å². The van der Waals surface area contributed by atoms with E-state index in [0.29, 0.717) is 0 Å². The number of fused-ring (bicyclic) bond motifs is 2. The first-order valence-corrected chi connectivity index (χ1v) is 16.4. The maximum atomic E-state index is 6.20. The third kappa shape index (κ3) is 5.95. The maximum absolute atomic E-state index is 6.20. The van der Waals surface area contributed by atoms with Crippen LogP contribution in [0.3, 0.4) is 0 Å². The normalized spacial score (nSPS) is 18.1. The first kappa shape index (κ1) is 27.5. The summed E-state index contributed by atoms with van der Waals surface area (Å²) in [6.07, 6.45) is 1.67. The van der Waals surface area contributed by atoms with Crippen molar-refractivity contribution in [3.05, 3.63) is 154 Å². The largest absolute Gasteiger partial charge is 0.252 e. The van der Waals surface area contributed by atoms with Gasteiger partial charge in [0.05, 0.1) is 11.4 Å². The minimum absolute atomic E-state index is 0.242. The number of para-hydroxylation sites is 2. The molecule has 42 heavy (non-hydrogen) atoms. The molecule has 0 spiro atoms. The van der Waals surface area contributed by atoms with Crippen molar-refractivity contribution in [1.82, 2.24) is 0 Å². The molecule has 2 aliphatic heterocycles. The van der Waals surface area contributed by atoms with Gasteiger partial charge in [-0.25, -0.2) is 0 Å². The predicted octanol–water partition coefficient (Wildman–Crippen LogP) is 11.7. The lowest BCUT2D eigenvalue weighted by molar-refractivity contribution is 0.982. The first-order valence-electron chi connectivity index (χ1n) is 13.9.